The van der Waals surface area contributed by atoms with Crippen LogP contribution in [0.4, 0.5) is 0 Å². The zero-order valence-electron chi connectivity index (χ0n) is 8.63. The molecule has 0 saturated carbocycles. The summed E-state index contributed by atoms with van der Waals surface area (Å²) in [7, 11) is -0.907. The molecule has 2 rings (SSSR count). The van der Waals surface area contributed by atoms with Gasteiger partial charge in [-0.25, -0.2) is 0 Å². The molecule has 1 fully saturated rings. The molecule has 1 aromatic carbocycles. The van der Waals surface area contributed by atoms with Gasteiger partial charge in [-0.3, -0.25) is 0 Å². The second-order valence-electron chi connectivity index (χ2n) is 3.70. The van der Waals surface area contributed by atoms with Gasteiger partial charge in [-0.15, -0.1) is 0 Å². The van der Waals surface area contributed by atoms with Crippen LogP contribution in [0.3, 0.4) is 0 Å². The molecule has 0 aliphatic carbocycles. The maximum Gasteiger partial charge on any atom is 0.207 e. The number of nitrogens with zero attached hydrogens (tertiary/aromatic N) is 1. The summed E-state index contributed by atoms with van der Waals surface area (Å²) >= 11 is 5.75. The Morgan fingerprint density at radius 3 is 2.47 bits per heavy atom. The van der Waals surface area contributed by atoms with Crippen LogP contribution < -0.4 is 0 Å². The molecule has 0 N–H and O–H groups in total. The summed E-state index contributed by atoms with van der Waals surface area (Å²) < 4.78 is -1.06. The molecule has 0 aromatic heterocycles. The Kier molecular flexibility index (Phi) is 3.02. The van der Waals surface area contributed by atoms with Crippen LogP contribution in [0.25, 0.3) is 0 Å². The molecule has 4 atom stereocenters. The van der Waals surface area contributed by atoms with E-state index in [9.17, 15) is 5.21 Å². The van der Waals surface area contributed by atoms with Crippen molar-refractivity contribution < 1.29 is 8.94 Å². The average Bonchev–Trinajstić information content (AvgIpc) is 2.44. The van der Waals surface area contributed by atoms with Gasteiger partial charge < -0.3 is 5.21 Å². The Labute approximate surface area is 95.6 Å². The lowest BCUT2D eigenvalue weighted by atomic mass is 10.1. The van der Waals surface area contributed by atoms with Crippen molar-refractivity contribution in [3.05, 3.63) is 41.1 Å². The van der Waals surface area contributed by atoms with Crippen LogP contribution in [-0.2, 0) is 4.84 Å². The molecule has 0 bridgehead atoms. The van der Waals surface area contributed by atoms with E-state index in [-0.39, 0.29) is 11.8 Å². The van der Waals surface area contributed by atoms with E-state index in [1.165, 1.54) is 0 Å². The van der Waals surface area contributed by atoms with Gasteiger partial charge in [0.25, 0.3) is 0 Å². The quantitative estimate of drug-likeness (QED) is 0.431. The number of benzene rings is 1. The number of rotatable bonds is 1. The molecule has 3 nitrogen and oxygen atoms in total. The highest BCUT2D eigenvalue weighted by atomic mass is 35.5. The minimum atomic E-state index is -1.06. The van der Waals surface area contributed by atoms with Gasteiger partial charge in [0.2, 0.25) is 11.8 Å². The first kappa shape index (κ1) is 11.3. The molecule has 1 heterocycles. The van der Waals surface area contributed by atoms with Gasteiger partial charge in [0.1, 0.15) is 0 Å². The standard InChI is InChI=1S/C10H13ClNO2P/c1-8-10(9-6-4-3-5-7-9)14-12(11,13)15(8)2/h3-8,10H,1-2H3/t8-,10-,12?,15?/m0/s1. The third kappa shape index (κ3) is 2.03. The summed E-state index contributed by atoms with van der Waals surface area (Å²) in [4.78, 5) is 5.34. The second kappa shape index (κ2) is 4.00. The fraction of sp³-hybridized carbons (Fsp3) is 0.400. The van der Waals surface area contributed by atoms with E-state index in [4.69, 9.17) is 16.6 Å². The Bertz CT molecular complexity index is 347. The molecule has 1 saturated heterocycles. The maximum atomic E-state index is 11.7. The molecule has 0 amide bonds. The highest BCUT2D eigenvalue weighted by Crippen LogP contribution is 2.62. The topological polar surface area (TPSA) is 32.3 Å². The Hall–Kier alpha value is -0.180. The van der Waals surface area contributed by atoms with E-state index < -0.39 is 12.2 Å². The SMILES string of the molecule is C[C@H]1[C@@H](c2ccccc2)O[N+]([O-])(Cl)P1C. The van der Waals surface area contributed by atoms with Crippen LogP contribution in [0, 0.1) is 5.21 Å². The average molecular weight is 246 g/mol. The first-order valence-electron chi connectivity index (χ1n) is 4.79. The van der Waals surface area contributed by atoms with Crippen LogP contribution in [0.5, 0.6) is 0 Å². The predicted octanol–water partition coefficient (Wildman–Crippen LogP) is 3.56. The molecule has 1 aromatic rings. The van der Waals surface area contributed by atoms with Crippen LogP contribution >= 0.6 is 19.8 Å². The molecule has 1 aliphatic heterocycles. The summed E-state index contributed by atoms with van der Waals surface area (Å²) in [5.41, 5.74) is 1.20. The zero-order valence-corrected chi connectivity index (χ0v) is 10.3. The highest BCUT2D eigenvalue weighted by molar-refractivity contribution is 7.52. The van der Waals surface area contributed by atoms with E-state index >= 15 is 0 Å². The molecular formula is C10H13ClNO2P. The van der Waals surface area contributed by atoms with E-state index in [1.54, 1.807) is 0 Å². The Morgan fingerprint density at radius 1 is 1.40 bits per heavy atom. The van der Waals surface area contributed by atoms with E-state index in [2.05, 4.69) is 0 Å². The van der Waals surface area contributed by atoms with Crippen LogP contribution in [0.2, 0.25) is 0 Å². The largest absolute Gasteiger partial charge is 0.579 e. The van der Waals surface area contributed by atoms with Crippen molar-refractivity contribution in [3.8, 4) is 0 Å². The van der Waals surface area contributed by atoms with Crippen molar-refractivity contribution in [1.82, 2.24) is 0 Å². The zero-order chi connectivity index (χ0) is 11.1. The maximum absolute atomic E-state index is 11.7. The third-order valence-electron chi connectivity index (χ3n) is 2.78. The van der Waals surface area contributed by atoms with E-state index in [0.29, 0.717) is 0 Å². The molecule has 5 heteroatoms. The minimum Gasteiger partial charge on any atom is -0.579 e. The van der Waals surface area contributed by atoms with Crippen LogP contribution in [0.1, 0.15) is 18.6 Å². The number of quaternary nitrogens is 1. The highest BCUT2D eigenvalue weighted by Gasteiger charge is 2.48. The van der Waals surface area contributed by atoms with Crippen LogP contribution in [0.15, 0.2) is 30.3 Å². The van der Waals surface area contributed by atoms with Crippen molar-refractivity contribution in [1.29, 1.82) is 0 Å². The van der Waals surface area contributed by atoms with Gasteiger partial charge in [0.15, 0.2) is 14.2 Å². The summed E-state index contributed by atoms with van der Waals surface area (Å²) in [5.74, 6) is 0. The molecule has 15 heavy (non-hydrogen) atoms. The monoisotopic (exact) mass is 245 g/mol. The van der Waals surface area contributed by atoms with Crippen molar-refractivity contribution >= 4 is 19.8 Å². The Morgan fingerprint density at radius 2 is 2.00 bits per heavy atom. The van der Waals surface area contributed by atoms with Gasteiger partial charge >= 0.3 is 0 Å². The van der Waals surface area contributed by atoms with Gasteiger partial charge in [0.05, 0.1) is 5.66 Å². The number of hydrogen-bond acceptors (Lipinski definition) is 2. The third-order valence-corrected chi connectivity index (χ3v) is 5.87. The van der Waals surface area contributed by atoms with Gasteiger partial charge in [-0.1, -0.05) is 34.4 Å². The van der Waals surface area contributed by atoms with Crippen molar-refractivity contribution in [3.63, 3.8) is 0 Å². The van der Waals surface area contributed by atoms with Gasteiger partial charge in [-0.05, 0) is 12.5 Å². The van der Waals surface area contributed by atoms with Gasteiger partial charge in [0, 0.05) is 6.66 Å². The summed E-state index contributed by atoms with van der Waals surface area (Å²) in [5, 5.41) is 11.7. The molecule has 82 valence electrons. The summed E-state index contributed by atoms with van der Waals surface area (Å²) in [6, 6.07) is 9.75. The van der Waals surface area contributed by atoms with Crippen molar-refractivity contribution in [2.45, 2.75) is 18.7 Å². The van der Waals surface area contributed by atoms with E-state index in [0.717, 1.165) is 5.56 Å². The lowest BCUT2D eigenvalue weighted by Gasteiger charge is -2.27. The first-order chi connectivity index (χ1) is 7.02. The molecule has 1 aliphatic rings. The lowest BCUT2D eigenvalue weighted by molar-refractivity contribution is -0.868. The molecular weight excluding hydrogens is 233 g/mol. The Balaban J connectivity index is 2.27. The smallest absolute Gasteiger partial charge is 0.207 e. The summed E-state index contributed by atoms with van der Waals surface area (Å²) in [6.45, 7) is 3.90. The molecule has 2 unspecified atom stereocenters. The molecule has 0 spiro atoms. The lowest BCUT2D eigenvalue weighted by Crippen LogP contribution is -2.18. The first-order valence-corrected chi connectivity index (χ1v) is 6.93. The number of hydrogen-bond donors (Lipinski definition) is 0. The second-order valence-corrected chi connectivity index (χ2v) is 6.87. The minimum absolute atomic E-state index is 0.178. The van der Waals surface area contributed by atoms with Crippen LogP contribution in [-0.4, -0.2) is 16.4 Å². The fourth-order valence-electron chi connectivity index (χ4n) is 1.70. The summed E-state index contributed by atoms with van der Waals surface area (Å²) in [6.07, 6.45) is -0.183. The predicted molar refractivity (Wildman–Crippen MR) is 62.1 cm³/mol. The molecule has 0 radical (unpaired) electrons. The number of halogens is 1. The van der Waals surface area contributed by atoms with Gasteiger partial charge in [-0.2, -0.15) is 4.84 Å². The van der Waals surface area contributed by atoms with E-state index in [1.807, 2.05) is 43.9 Å². The van der Waals surface area contributed by atoms with Crippen molar-refractivity contribution in [2.24, 2.45) is 0 Å². The fourth-order valence-corrected chi connectivity index (χ4v) is 3.50. The normalized spacial score (nSPS) is 40.7. The van der Waals surface area contributed by atoms with Crippen molar-refractivity contribution in [2.75, 3.05) is 6.66 Å².